The van der Waals surface area contributed by atoms with E-state index in [2.05, 4.69) is 25.4 Å². The van der Waals surface area contributed by atoms with Crippen LogP contribution in [0.15, 0.2) is 24.3 Å². The van der Waals surface area contributed by atoms with Crippen molar-refractivity contribution >= 4 is 23.3 Å². The molecule has 0 unspecified atom stereocenters. The molecule has 0 aliphatic rings. The molecule has 0 atom stereocenters. The molecular weight excluding hydrogens is 352 g/mol. The molecule has 2 aromatic heterocycles. The normalized spacial score (nSPS) is 10.6. The Kier molecular flexibility index (Phi) is 4.83. The lowest BCUT2D eigenvalue weighted by atomic mass is 10.3. The van der Waals surface area contributed by atoms with E-state index in [9.17, 15) is 10.1 Å². The number of nitrogens with two attached hydrogens (primary N) is 1. The van der Waals surface area contributed by atoms with Crippen LogP contribution in [0.25, 0.3) is 0 Å². The summed E-state index contributed by atoms with van der Waals surface area (Å²) < 4.78 is 6.75. The van der Waals surface area contributed by atoms with Gasteiger partial charge in [-0.25, -0.2) is 0 Å². The number of nitro groups is 1. The van der Waals surface area contributed by atoms with E-state index in [0.717, 1.165) is 0 Å². The first-order chi connectivity index (χ1) is 12.9. The van der Waals surface area contributed by atoms with E-state index in [1.807, 2.05) is 18.2 Å². The SMILES string of the molecule is COc1ccccc1Nc1nc(N)nc(Cn2nc(C)c([N+](=O)[O-])c2C)n1. The van der Waals surface area contributed by atoms with Gasteiger partial charge in [-0.1, -0.05) is 12.1 Å². The average molecular weight is 370 g/mol. The molecule has 3 aromatic rings. The standard InChI is InChI=1S/C16H18N8O3/c1-9-14(24(25)26)10(2)23(22-9)8-13-19-15(17)21-16(20-13)18-11-6-4-5-7-12(11)27-3/h4-7H,8H2,1-3H3,(H3,17,18,19,20,21). The van der Waals surface area contributed by atoms with Crippen LogP contribution in [0, 0.1) is 24.0 Å². The monoisotopic (exact) mass is 370 g/mol. The van der Waals surface area contributed by atoms with Crippen molar-refractivity contribution in [2.24, 2.45) is 0 Å². The number of aromatic nitrogens is 5. The van der Waals surface area contributed by atoms with Crippen LogP contribution >= 0.6 is 0 Å². The van der Waals surface area contributed by atoms with E-state index in [0.29, 0.717) is 28.6 Å². The molecule has 11 heteroatoms. The van der Waals surface area contributed by atoms with Crippen LogP contribution in [-0.4, -0.2) is 36.8 Å². The average Bonchev–Trinajstić information content (AvgIpc) is 2.88. The third kappa shape index (κ3) is 3.76. The van der Waals surface area contributed by atoms with Crippen molar-refractivity contribution in [2.75, 3.05) is 18.2 Å². The summed E-state index contributed by atoms with van der Waals surface area (Å²) >= 11 is 0. The molecule has 1 aromatic carbocycles. The molecule has 0 aliphatic heterocycles. The second-order valence-electron chi connectivity index (χ2n) is 5.69. The second-order valence-corrected chi connectivity index (χ2v) is 5.69. The fourth-order valence-corrected chi connectivity index (χ4v) is 2.67. The largest absolute Gasteiger partial charge is 0.495 e. The highest BCUT2D eigenvalue weighted by atomic mass is 16.6. The number of aryl methyl sites for hydroxylation is 1. The van der Waals surface area contributed by atoms with Crippen molar-refractivity contribution in [3.63, 3.8) is 0 Å². The van der Waals surface area contributed by atoms with E-state index >= 15 is 0 Å². The number of nitrogens with one attached hydrogen (secondary N) is 1. The molecule has 0 spiro atoms. The van der Waals surface area contributed by atoms with Gasteiger partial charge in [0.25, 0.3) is 0 Å². The minimum Gasteiger partial charge on any atom is -0.495 e. The van der Waals surface area contributed by atoms with Crippen molar-refractivity contribution in [3.8, 4) is 5.75 Å². The number of ether oxygens (including phenoxy) is 1. The van der Waals surface area contributed by atoms with E-state index in [4.69, 9.17) is 10.5 Å². The number of benzene rings is 1. The van der Waals surface area contributed by atoms with Gasteiger partial charge in [0.1, 0.15) is 23.7 Å². The van der Waals surface area contributed by atoms with Crippen LogP contribution in [0.3, 0.4) is 0 Å². The Morgan fingerprint density at radius 1 is 1.26 bits per heavy atom. The number of anilines is 3. The van der Waals surface area contributed by atoms with E-state index in [1.54, 1.807) is 27.0 Å². The van der Waals surface area contributed by atoms with E-state index in [1.165, 1.54) is 4.68 Å². The highest BCUT2D eigenvalue weighted by Crippen LogP contribution is 2.26. The first-order valence-electron chi connectivity index (χ1n) is 7.98. The molecule has 3 N–H and O–H groups in total. The quantitative estimate of drug-likeness (QED) is 0.491. The second kappa shape index (κ2) is 7.23. The summed E-state index contributed by atoms with van der Waals surface area (Å²) in [4.78, 5) is 23.2. The van der Waals surface area contributed by atoms with Gasteiger partial charge in [0, 0.05) is 0 Å². The highest BCUT2D eigenvalue weighted by molar-refractivity contribution is 5.62. The molecule has 0 bridgehead atoms. The van der Waals surface area contributed by atoms with Gasteiger partial charge in [0.05, 0.1) is 17.7 Å². The lowest BCUT2D eigenvalue weighted by Crippen LogP contribution is -2.12. The van der Waals surface area contributed by atoms with Crippen LogP contribution in [0.5, 0.6) is 5.75 Å². The Morgan fingerprint density at radius 2 is 2.00 bits per heavy atom. The van der Waals surface area contributed by atoms with Gasteiger partial charge >= 0.3 is 5.69 Å². The Labute approximate surface area is 154 Å². The lowest BCUT2D eigenvalue weighted by Gasteiger charge is -2.11. The molecule has 0 fully saturated rings. The van der Waals surface area contributed by atoms with Gasteiger partial charge in [0.15, 0.2) is 5.82 Å². The van der Waals surface area contributed by atoms with Gasteiger partial charge in [0.2, 0.25) is 11.9 Å². The summed E-state index contributed by atoms with van der Waals surface area (Å²) in [6.45, 7) is 3.32. The van der Waals surface area contributed by atoms with Crippen molar-refractivity contribution < 1.29 is 9.66 Å². The smallest absolute Gasteiger partial charge is 0.312 e. The van der Waals surface area contributed by atoms with Crippen LogP contribution in [0.2, 0.25) is 0 Å². The molecule has 0 aliphatic carbocycles. The summed E-state index contributed by atoms with van der Waals surface area (Å²) in [6.07, 6.45) is 0. The Morgan fingerprint density at radius 3 is 2.67 bits per heavy atom. The predicted molar refractivity (Wildman–Crippen MR) is 98.0 cm³/mol. The highest BCUT2D eigenvalue weighted by Gasteiger charge is 2.22. The molecule has 0 saturated heterocycles. The molecule has 0 saturated carbocycles. The number of nitrogens with zero attached hydrogens (tertiary/aromatic N) is 6. The first-order valence-corrected chi connectivity index (χ1v) is 7.98. The van der Waals surface area contributed by atoms with Gasteiger partial charge in [-0.2, -0.15) is 20.1 Å². The predicted octanol–water partition coefficient (Wildman–Crippen LogP) is 1.98. The summed E-state index contributed by atoms with van der Waals surface area (Å²) in [5, 5.41) is 18.4. The number of nitrogen functional groups attached to an aromatic ring is 1. The van der Waals surface area contributed by atoms with Gasteiger partial charge in [-0.05, 0) is 26.0 Å². The van der Waals surface area contributed by atoms with E-state index in [-0.39, 0.29) is 24.1 Å². The maximum Gasteiger partial charge on any atom is 0.312 e. The number of hydrogen-bond donors (Lipinski definition) is 2. The zero-order valence-electron chi connectivity index (χ0n) is 15.0. The maximum absolute atomic E-state index is 11.1. The lowest BCUT2D eigenvalue weighted by molar-refractivity contribution is -0.386. The molecular formula is C16H18N8O3. The van der Waals surface area contributed by atoms with Crippen LogP contribution in [0.1, 0.15) is 17.2 Å². The number of hydrogen-bond acceptors (Lipinski definition) is 9. The Hall–Kier alpha value is -3.76. The molecule has 140 valence electrons. The molecule has 11 nitrogen and oxygen atoms in total. The molecule has 0 amide bonds. The van der Waals surface area contributed by atoms with Crippen LogP contribution < -0.4 is 15.8 Å². The Bertz CT molecular complexity index is 1000. The zero-order chi connectivity index (χ0) is 19.6. The van der Waals surface area contributed by atoms with Gasteiger partial charge in [-0.3, -0.25) is 14.8 Å². The Balaban J connectivity index is 1.90. The van der Waals surface area contributed by atoms with Crippen molar-refractivity contribution in [3.05, 3.63) is 51.6 Å². The minimum absolute atomic E-state index is 0.0217. The number of para-hydroxylation sites is 2. The molecule has 3 rings (SSSR count). The van der Waals surface area contributed by atoms with E-state index < -0.39 is 4.92 Å². The fourth-order valence-electron chi connectivity index (χ4n) is 2.67. The third-order valence-corrected chi connectivity index (χ3v) is 3.87. The molecule has 27 heavy (non-hydrogen) atoms. The fraction of sp³-hybridized carbons (Fsp3) is 0.250. The van der Waals surface area contributed by atoms with Crippen LogP contribution in [-0.2, 0) is 6.54 Å². The number of methoxy groups -OCH3 is 1. The van der Waals surface area contributed by atoms with Gasteiger partial charge < -0.3 is 15.8 Å². The third-order valence-electron chi connectivity index (χ3n) is 3.87. The van der Waals surface area contributed by atoms with Crippen LogP contribution in [0.4, 0.5) is 23.3 Å². The van der Waals surface area contributed by atoms with Crippen molar-refractivity contribution in [2.45, 2.75) is 20.4 Å². The zero-order valence-corrected chi connectivity index (χ0v) is 15.0. The maximum atomic E-state index is 11.1. The van der Waals surface area contributed by atoms with Crippen molar-refractivity contribution in [1.29, 1.82) is 0 Å². The topological polar surface area (TPSA) is 147 Å². The number of rotatable bonds is 6. The van der Waals surface area contributed by atoms with Gasteiger partial charge in [-0.15, -0.1) is 0 Å². The summed E-state index contributed by atoms with van der Waals surface area (Å²) in [5.74, 6) is 1.19. The first kappa shape index (κ1) is 18.0. The van der Waals surface area contributed by atoms with Crippen molar-refractivity contribution in [1.82, 2.24) is 24.7 Å². The minimum atomic E-state index is -0.454. The summed E-state index contributed by atoms with van der Waals surface area (Å²) in [5.41, 5.74) is 7.17. The summed E-state index contributed by atoms with van der Waals surface area (Å²) in [6, 6.07) is 7.28. The summed E-state index contributed by atoms with van der Waals surface area (Å²) in [7, 11) is 1.56. The molecule has 2 heterocycles. The molecule has 0 radical (unpaired) electrons.